The van der Waals surface area contributed by atoms with E-state index in [4.69, 9.17) is 4.74 Å². The van der Waals surface area contributed by atoms with E-state index in [9.17, 15) is 9.18 Å². The number of benzene rings is 1. The Hall–Kier alpha value is -2.12. The summed E-state index contributed by atoms with van der Waals surface area (Å²) in [5.41, 5.74) is 1.44. The zero-order chi connectivity index (χ0) is 15.4. The third-order valence-electron chi connectivity index (χ3n) is 3.37. The summed E-state index contributed by atoms with van der Waals surface area (Å²) >= 11 is 1.21. The molecule has 0 N–H and O–H groups in total. The van der Waals surface area contributed by atoms with Crippen molar-refractivity contribution in [3.8, 4) is 0 Å². The van der Waals surface area contributed by atoms with Crippen molar-refractivity contribution in [2.75, 3.05) is 31.2 Å². The highest BCUT2D eigenvalue weighted by Gasteiger charge is 2.16. The summed E-state index contributed by atoms with van der Waals surface area (Å²) in [5, 5.41) is 5.54. The minimum atomic E-state index is -0.392. The van der Waals surface area contributed by atoms with Crippen LogP contribution in [0.5, 0.6) is 0 Å². The Labute approximate surface area is 131 Å². The van der Waals surface area contributed by atoms with Gasteiger partial charge in [0.15, 0.2) is 5.78 Å². The number of hydrogen-bond acceptors (Lipinski definition) is 6. The molecule has 1 aromatic heterocycles. The van der Waals surface area contributed by atoms with Crippen molar-refractivity contribution < 1.29 is 13.9 Å². The van der Waals surface area contributed by atoms with Crippen LogP contribution in [0, 0.1) is 5.82 Å². The van der Waals surface area contributed by atoms with E-state index in [2.05, 4.69) is 9.59 Å². The minimum absolute atomic E-state index is 0.263. The van der Waals surface area contributed by atoms with E-state index in [0.29, 0.717) is 43.2 Å². The van der Waals surface area contributed by atoms with E-state index in [0.717, 1.165) is 0 Å². The largest absolute Gasteiger partial charge is 0.378 e. The number of nitrogens with zero attached hydrogens (tertiary/aromatic N) is 3. The standard InChI is InChI=1S/C15H14FN3O2S/c16-13-9-11(15(20)4-2-12-10-22-18-17-12)1-3-14(13)19-5-7-21-8-6-19/h1-4,9-10H,5-8H2/b4-2+. The second kappa shape index (κ2) is 6.76. The van der Waals surface area contributed by atoms with E-state index in [1.807, 2.05) is 4.90 Å². The molecule has 7 heteroatoms. The molecule has 22 heavy (non-hydrogen) atoms. The van der Waals surface area contributed by atoms with Gasteiger partial charge in [0, 0.05) is 24.0 Å². The summed E-state index contributed by atoms with van der Waals surface area (Å²) in [6, 6.07) is 4.56. The van der Waals surface area contributed by atoms with Gasteiger partial charge < -0.3 is 9.64 Å². The first-order valence-electron chi connectivity index (χ1n) is 6.86. The molecule has 1 aliphatic rings. The number of halogens is 1. The van der Waals surface area contributed by atoms with E-state index in [1.165, 1.54) is 23.7 Å². The Morgan fingerprint density at radius 1 is 1.36 bits per heavy atom. The minimum Gasteiger partial charge on any atom is -0.378 e. The summed E-state index contributed by atoms with van der Waals surface area (Å²) in [4.78, 5) is 14.0. The molecule has 1 saturated heterocycles. The van der Waals surface area contributed by atoms with Gasteiger partial charge in [0.1, 0.15) is 5.82 Å². The predicted octanol–water partition coefficient (Wildman–Crippen LogP) is 2.41. The number of ketones is 1. The molecule has 1 aliphatic heterocycles. The lowest BCUT2D eigenvalue weighted by Crippen LogP contribution is -2.36. The van der Waals surface area contributed by atoms with Gasteiger partial charge in [-0.05, 0) is 41.9 Å². The fourth-order valence-corrected chi connectivity index (χ4v) is 2.64. The average molecular weight is 319 g/mol. The summed E-state index contributed by atoms with van der Waals surface area (Å²) in [7, 11) is 0. The zero-order valence-corrected chi connectivity index (χ0v) is 12.6. The van der Waals surface area contributed by atoms with Gasteiger partial charge in [-0.2, -0.15) is 0 Å². The summed E-state index contributed by atoms with van der Waals surface area (Å²) in [5.74, 6) is -0.656. The van der Waals surface area contributed by atoms with Gasteiger partial charge in [0.25, 0.3) is 0 Å². The molecule has 0 amide bonds. The number of carbonyl (C=O) groups excluding carboxylic acids is 1. The van der Waals surface area contributed by atoms with Gasteiger partial charge in [0.05, 0.1) is 24.6 Å². The smallest absolute Gasteiger partial charge is 0.186 e. The lowest BCUT2D eigenvalue weighted by atomic mass is 10.1. The van der Waals surface area contributed by atoms with Gasteiger partial charge in [-0.15, -0.1) is 5.10 Å². The molecule has 3 rings (SSSR count). The van der Waals surface area contributed by atoms with Crippen LogP contribution in [0.1, 0.15) is 16.1 Å². The third kappa shape index (κ3) is 3.37. The number of rotatable bonds is 4. The van der Waals surface area contributed by atoms with Crippen molar-refractivity contribution >= 4 is 29.1 Å². The third-order valence-corrected chi connectivity index (χ3v) is 3.89. The summed E-state index contributed by atoms with van der Waals surface area (Å²) in [6.07, 6.45) is 2.94. The van der Waals surface area contributed by atoms with Gasteiger partial charge >= 0.3 is 0 Å². The molecule has 0 atom stereocenters. The highest BCUT2D eigenvalue weighted by atomic mass is 32.1. The van der Waals surface area contributed by atoms with E-state index >= 15 is 0 Å². The molecule has 114 valence electrons. The Kier molecular flexibility index (Phi) is 4.55. The lowest BCUT2D eigenvalue weighted by Gasteiger charge is -2.29. The molecule has 0 bridgehead atoms. The van der Waals surface area contributed by atoms with Gasteiger partial charge in [-0.3, -0.25) is 4.79 Å². The maximum atomic E-state index is 14.2. The first kappa shape index (κ1) is 14.8. The van der Waals surface area contributed by atoms with E-state index in [-0.39, 0.29) is 5.78 Å². The molecule has 0 unspecified atom stereocenters. The van der Waals surface area contributed by atoms with E-state index < -0.39 is 5.82 Å². The van der Waals surface area contributed by atoms with Crippen molar-refractivity contribution in [1.29, 1.82) is 0 Å². The number of morpholine rings is 1. The number of hydrogen-bond donors (Lipinski definition) is 0. The summed E-state index contributed by atoms with van der Waals surface area (Å²) in [6.45, 7) is 2.48. The normalized spacial score (nSPS) is 15.4. The van der Waals surface area contributed by atoms with Crippen LogP contribution in [0.3, 0.4) is 0 Å². The molecule has 1 fully saturated rings. The number of aromatic nitrogens is 2. The molecule has 0 saturated carbocycles. The van der Waals surface area contributed by atoms with E-state index in [1.54, 1.807) is 23.6 Å². The van der Waals surface area contributed by atoms with Crippen molar-refractivity contribution in [2.45, 2.75) is 0 Å². The fraction of sp³-hybridized carbons (Fsp3) is 0.267. The van der Waals surface area contributed by atoms with Crippen molar-refractivity contribution in [3.05, 3.63) is 46.7 Å². The first-order valence-corrected chi connectivity index (χ1v) is 7.69. The van der Waals surface area contributed by atoms with Crippen LogP contribution in [0.2, 0.25) is 0 Å². The molecular formula is C15H14FN3O2S. The van der Waals surface area contributed by atoms with Gasteiger partial charge in [-0.25, -0.2) is 4.39 Å². The number of anilines is 1. The van der Waals surface area contributed by atoms with Crippen LogP contribution in [-0.4, -0.2) is 41.7 Å². The Balaban J connectivity index is 1.74. The van der Waals surface area contributed by atoms with Crippen molar-refractivity contribution in [3.63, 3.8) is 0 Å². The van der Waals surface area contributed by atoms with Crippen LogP contribution in [0.15, 0.2) is 29.7 Å². The second-order valence-corrected chi connectivity index (χ2v) is 5.40. The Morgan fingerprint density at radius 3 is 2.86 bits per heavy atom. The number of allylic oxidation sites excluding steroid dienone is 1. The van der Waals surface area contributed by atoms with Gasteiger partial charge in [0.2, 0.25) is 0 Å². The molecule has 1 aromatic carbocycles. The van der Waals surface area contributed by atoms with Gasteiger partial charge in [-0.1, -0.05) is 4.49 Å². The monoisotopic (exact) mass is 319 g/mol. The number of carbonyl (C=O) groups is 1. The average Bonchev–Trinajstić information content (AvgIpc) is 3.07. The molecule has 5 nitrogen and oxygen atoms in total. The highest BCUT2D eigenvalue weighted by Crippen LogP contribution is 2.22. The molecule has 2 aromatic rings. The second-order valence-electron chi connectivity index (χ2n) is 4.79. The molecular weight excluding hydrogens is 305 g/mol. The van der Waals surface area contributed by atoms with Crippen molar-refractivity contribution in [1.82, 2.24) is 9.59 Å². The SMILES string of the molecule is O=C(/C=C/c1csnn1)c1ccc(N2CCOCC2)c(F)c1. The quantitative estimate of drug-likeness (QED) is 0.640. The molecule has 2 heterocycles. The highest BCUT2D eigenvalue weighted by molar-refractivity contribution is 7.03. The van der Waals surface area contributed by atoms with Crippen LogP contribution >= 0.6 is 11.5 Å². The van der Waals surface area contributed by atoms with Crippen LogP contribution in [-0.2, 0) is 4.74 Å². The zero-order valence-electron chi connectivity index (χ0n) is 11.7. The van der Waals surface area contributed by atoms with Crippen LogP contribution in [0.4, 0.5) is 10.1 Å². The first-order chi connectivity index (χ1) is 10.7. The number of ether oxygens (including phenoxy) is 1. The molecule has 0 radical (unpaired) electrons. The Morgan fingerprint density at radius 2 is 2.18 bits per heavy atom. The topological polar surface area (TPSA) is 55.3 Å². The Bertz CT molecular complexity index is 682. The lowest BCUT2D eigenvalue weighted by molar-refractivity contribution is 0.104. The predicted molar refractivity (Wildman–Crippen MR) is 82.7 cm³/mol. The molecule has 0 spiro atoms. The summed E-state index contributed by atoms with van der Waals surface area (Å²) < 4.78 is 23.2. The van der Waals surface area contributed by atoms with Crippen LogP contribution < -0.4 is 4.90 Å². The molecule has 0 aliphatic carbocycles. The van der Waals surface area contributed by atoms with Crippen molar-refractivity contribution in [2.24, 2.45) is 0 Å². The van der Waals surface area contributed by atoms with Crippen LogP contribution in [0.25, 0.3) is 6.08 Å². The fourth-order valence-electron chi connectivity index (χ4n) is 2.22. The maximum absolute atomic E-state index is 14.2. The maximum Gasteiger partial charge on any atom is 0.186 e.